The maximum Gasteiger partial charge on any atom is 0.0770 e. The van der Waals surface area contributed by atoms with Crippen LogP contribution in [0.1, 0.15) is 24.9 Å². The largest absolute Gasteiger partial charge is 0.352 e. The smallest absolute Gasteiger partial charge is 0.0770 e. The van der Waals surface area contributed by atoms with Crippen LogP contribution in [0.2, 0.25) is 0 Å². The second kappa shape index (κ2) is 6.77. The van der Waals surface area contributed by atoms with Gasteiger partial charge in [0.15, 0.2) is 0 Å². The van der Waals surface area contributed by atoms with Gasteiger partial charge in [0.05, 0.1) is 29.1 Å². The third-order valence-corrected chi connectivity index (χ3v) is 5.39. The third kappa shape index (κ3) is 3.28. The molecule has 1 N–H and O–H groups in total. The molecule has 1 aromatic carbocycles. The van der Waals surface area contributed by atoms with Gasteiger partial charge in [-0.05, 0) is 50.2 Å². The number of nitrogens with one attached hydrogen (secondary N) is 1. The molecule has 1 aliphatic rings. The molecule has 5 nitrogen and oxygen atoms in total. The van der Waals surface area contributed by atoms with Gasteiger partial charge >= 0.3 is 0 Å². The second-order valence-corrected chi connectivity index (χ2v) is 7.63. The summed E-state index contributed by atoms with van der Waals surface area (Å²) >= 11 is 3.58. The number of hydrogen-bond donors (Lipinski definition) is 1. The summed E-state index contributed by atoms with van der Waals surface area (Å²) in [5.41, 5.74) is 4.35. The van der Waals surface area contributed by atoms with E-state index in [9.17, 15) is 0 Å². The summed E-state index contributed by atoms with van der Waals surface area (Å²) in [5.74, 6) is 0. The van der Waals surface area contributed by atoms with Crippen LogP contribution >= 0.6 is 15.9 Å². The number of halogens is 1. The fraction of sp³-hybridized carbons (Fsp3) is 0.368. The predicted molar refractivity (Wildman–Crippen MR) is 105 cm³/mol. The number of likely N-dealkylation sites (tertiary alicyclic amines) is 1. The molecule has 0 spiro atoms. The summed E-state index contributed by atoms with van der Waals surface area (Å²) in [4.78, 5) is 6.93. The Balaban J connectivity index is 1.68. The number of pyridine rings is 1. The van der Waals surface area contributed by atoms with Gasteiger partial charge < -0.3 is 10.2 Å². The van der Waals surface area contributed by atoms with Crippen LogP contribution in [0.4, 0.5) is 11.4 Å². The molecule has 1 fully saturated rings. The zero-order chi connectivity index (χ0) is 17.4. The first kappa shape index (κ1) is 16.5. The van der Waals surface area contributed by atoms with E-state index in [1.54, 1.807) is 0 Å². The highest BCUT2D eigenvalue weighted by atomic mass is 79.9. The van der Waals surface area contributed by atoms with Crippen LogP contribution in [-0.2, 0) is 6.42 Å². The van der Waals surface area contributed by atoms with Gasteiger partial charge in [-0.2, -0.15) is 5.10 Å². The molecule has 130 valence electrons. The van der Waals surface area contributed by atoms with Gasteiger partial charge in [0, 0.05) is 28.8 Å². The van der Waals surface area contributed by atoms with Crippen LogP contribution in [0.5, 0.6) is 0 Å². The van der Waals surface area contributed by atoms with E-state index < -0.39 is 0 Å². The standard InChI is InChI=1S/C19H22BrN5/c1-3-13-9-21-18-5-4-14(20)8-17(18)19(13)23-15-10-22-25(11-15)16-6-7-24(2)12-16/h4-5,8-11,16H,3,6-7,12H2,1-2H3,(H,21,23). The fourth-order valence-corrected chi connectivity index (χ4v) is 3.86. The minimum absolute atomic E-state index is 0.467. The first-order valence-corrected chi connectivity index (χ1v) is 9.50. The minimum atomic E-state index is 0.467. The molecule has 1 aliphatic heterocycles. The average molecular weight is 400 g/mol. The van der Waals surface area contributed by atoms with Gasteiger partial charge in [0.1, 0.15) is 0 Å². The van der Waals surface area contributed by atoms with Gasteiger partial charge in [-0.25, -0.2) is 0 Å². The average Bonchev–Trinajstić information content (AvgIpc) is 3.24. The molecule has 6 heteroatoms. The van der Waals surface area contributed by atoms with Crippen LogP contribution in [0.15, 0.2) is 41.3 Å². The molecule has 0 saturated carbocycles. The van der Waals surface area contributed by atoms with Crippen LogP contribution in [0.3, 0.4) is 0 Å². The number of aromatic nitrogens is 3. The van der Waals surface area contributed by atoms with Crippen molar-refractivity contribution in [2.75, 3.05) is 25.5 Å². The van der Waals surface area contributed by atoms with E-state index in [0.717, 1.165) is 52.7 Å². The van der Waals surface area contributed by atoms with Crippen molar-refractivity contribution in [2.45, 2.75) is 25.8 Å². The molecule has 0 aliphatic carbocycles. The van der Waals surface area contributed by atoms with E-state index in [1.165, 1.54) is 5.56 Å². The molecule has 0 radical (unpaired) electrons. The van der Waals surface area contributed by atoms with Crippen molar-refractivity contribution in [3.8, 4) is 0 Å². The summed E-state index contributed by atoms with van der Waals surface area (Å²) in [6.45, 7) is 4.35. The number of likely N-dealkylation sites (N-methyl/N-ethyl adjacent to an activating group) is 1. The van der Waals surface area contributed by atoms with Crippen LogP contribution in [0.25, 0.3) is 10.9 Å². The highest BCUT2D eigenvalue weighted by Crippen LogP contribution is 2.32. The lowest BCUT2D eigenvalue weighted by atomic mass is 10.1. The maximum atomic E-state index is 4.58. The van der Waals surface area contributed by atoms with Gasteiger partial charge in [0.2, 0.25) is 0 Å². The fourth-order valence-electron chi connectivity index (χ4n) is 3.50. The lowest BCUT2D eigenvalue weighted by Gasteiger charge is -2.13. The van der Waals surface area contributed by atoms with Crippen molar-refractivity contribution < 1.29 is 0 Å². The molecule has 0 amide bonds. The molecule has 3 heterocycles. The van der Waals surface area contributed by atoms with Crippen LogP contribution < -0.4 is 5.32 Å². The Bertz CT molecular complexity index is 904. The number of benzene rings is 1. The van der Waals surface area contributed by atoms with E-state index in [4.69, 9.17) is 0 Å². The Kier molecular flexibility index (Phi) is 4.48. The predicted octanol–water partition coefficient (Wildman–Crippen LogP) is 4.38. The Morgan fingerprint density at radius 2 is 2.20 bits per heavy atom. The normalized spacial score (nSPS) is 18.1. The Morgan fingerprint density at radius 1 is 1.32 bits per heavy atom. The van der Waals surface area contributed by atoms with Crippen LogP contribution in [-0.4, -0.2) is 39.8 Å². The summed E-state index contributed by atoms with van der Waals surface area (Å²) < 4.78 is 3.15. The summed E-state index contributed by atoms with van der Waals surface area (Å²) in [7, 11) is 2.16. The SMILES string of the molecule is CCc1cnc2ccc(Br)cc2c1Nc1cnn(C2CCN(C)C2)c1. The number of nitrogens with zero attached hydrogens (tertiary/aromatic N) is 4. The lowest BCUT2D eigenvalue weighted by Crippen LogP contribution is -2.16. The highest BCUT2D eigenvalue weighted by Gasteiger charge is 2.21. The van der Waals surface area contributed by atoms with E-state index in [2.05, 4.69) is 67.1 Å². The molecule has 2 aromatic heterocycles. The summed E-state index contributed by atoms with van der Waals surface area (Å²) in [6, 6.07) is 6.66. The minimum Gasteiger partial charge on any atom is -0.352 e. The number of rotatable bonds is 4. The maximum absolute atomic E-state index is 4.58. The van der Waals surface area contributed by atoms with E-state index in [1.807, 2.05) is 24.5 Å². The van der Waals surface area contributed by atoms with E-state index in [0.29, 0.717) is 6.04 Å². The number of fused-ring (bicyclic) bond motifs is 1. The Hall–Kier alpha value is -1.92. The van der Waals surface area contributed by atoms with Gasteiger partial charge in [-0.15, -0.1) is 0 Å². The van der Waals surface area contributed by atoms with Crippen molar-refractivity contribution in [1.29, 1.82) is 0 Å². The van der Waals surface area contributed by atoms with Gasteiger partial charge in [-0.3, -0.25) is 9.67 Å². The molecule has 1 saturated heterocycles. The molecule has 4 rings (SSSR count). The first-order chi connectivity index (χ1) is 12.1. The molecule has 3 aromatic rings. The lowest BCUT2D eigenvalue weighted by molar-refractivity contribution is 0.382. The first-order valence-electron chi connectivity index (χ1n) is 8.71. The number of aryl methyl sites for hydroxylation is 1. The van der Waals surface area contributed by atoms with E-state index in [-0.39, 0.29) is 0 Å². The highest BCUT2D eigenvalue weighted by molar-refractivity contribution is 9.10. The van der Waals surface area contributed by atoms with Crippen molar-refractivity contribution in [3.05, 3.63) is 46.8 Å². The van der Waals surface area contributed by atoms with Crippen molar-refractivity contribution in [1.82, 2.24) is 19.7 Å². The molecule has 1 atom stereocenters. The second-order valence-electron chi connectivity index (χ2n) is 6.71. The van der Waals surface area contributed by atoms with E-state index >= 15 is 0 Å². The topological polar surface area (TPSA) is 46.0 Å². The molecule has 1 unspecified atom stereocenters. The van der Waals surface area contributed by atoms with Crippen molar-refractivity contribution in [2.24, 2.45) is 0 Å². The monoisotopic (exact) mass is 399 g/mol. The summed E-state index contributed by atoms with van der Waals surface area (Å²) in [6.07, 6.45) is 8.09. The zero-order valence-electron chi connectivity index (χ0n) is 14.5. The molecular formula is C19H22BrN5. The van der Waals surface area contributed by atoms with Crippen molar-refractivity contribution in [3.63, 3.8) is 0 Å². The third-order valence-electron chi connectivity index (χ3n) is 4.90. The Labute approximate surface area is 156 Å². The van der Waals surface area contributed by atoms with Gasteiger partial charge in [0.25, 0.3) is 0 Å². The summed E-state index contributed by atoms with van der Waals surface area (Å²) in [5, 5.41) is 9.30. The van der Waals surface area contributed by atoms with Gasteiger partial charge in [-0.1, -0.05) is 22.9 Å². The molecule has 0 bridgehead atoms. The zero-order valence-corrected chi connectivity index (χ0v) is 16.1. The number of anilines is 2. The molecule has 25 heavy (non-hydrogen) atoms. The van der Waals surface area contributed by atoms with Crippen LogP contribution in [0, 0.1) is 0 Å². The number of hydrogen-bond acceptors (Lipinski definition) is 4. The van der Waals surface area contributed by atoms with Crippen molar-refractivity contribution >= 4 is 38.2 Å². The molecular weight excluding hydrogens is 378 g/mol. The Morgan fingerprint density at radius 3 is 2.96 bits per heavy atom. The quantitative estimate of drug-likeness (QED) is 0.706.